The van der Waals surface area contributed by atoms with Crippen LogP contribution in [0.1, 0.15) is 26.3 Å². The molecule has 0 saturated heterocycles. The largest absolute Gasteiger partial charge is 0.381 e. The molecule has 1 heterocycles. The minimum absolute atomic E-state index is 0.0382. The fourth-order valence-electron chi connectivity index (χ4n) is 2.84. The zero-order valence-electron chi connectivity index (χ0n) is 15.7. The van der Waals surface area contributed by atoms with Crippen molar-refractivity contribution in [1.29, 1.82) is 0 Å². The van der Waals surface area contributed by atoms with E-state index in [-0.39, 0.29) is 18.7 Å². The number of benzene rings is 1. The Hall–Kier alpha value is -1.94. The second kappa shape index (κ2) is 9.84. The summed E-state index contributed by atoms with van der Waals surface area (Å²) < 4.78 is 40.1. The van der Waals surface area contributed by atoms with Crippen LogP contribution in [-0.4, -0.2) is 52.0 Å². The molecule has 1 aromatic carbocycles. The zero-order chi connectivity index (χ0) is 19.9. The Kier molecular flexibility index (Phi) is 7.78. The van der Waals surface area contributed by atoms with Gasteiger partial charge in [0.25, 0.3) is 0 Å². The number of nitrogens with one attached hydrogen (secondary N) is 1. The highest BCUT2D eigenvalue weighted by Gasteiger charge is 2.39. The molecule has 0 aliphatic rings. The second-order valence-electron chi connectivity index (χ2n) is 6.11. The first kappa shape index (κ1) is 21.4. The topological polar surface area (TPSA) is 81.4 Å². The van der Waals surface area contributed by atoms with Crippen LogP contribution in [0.3, 0.4) is 0 Å². The molecular weight excluding hydrogens is 358 g/mol. The molecule has 0 saturated carbocycles. The molecule has 0 unspecified atom stereocenters. The lowest BCUT2D eigenvalue weighted by molar-refractivity contribution is -0.137. The van der Waals surface area contributed by atoms with E-state index in [0.717, 1.165) is 12.1 Å². The lowest BCUT2D eigenvalue weighted by atomic mass is 9.86. The molecule has 1 aromatic heterocycles. The van der Waals surface area contributed by atoms with Crippen molar-refractivity contribution >= 4 is 0 Å². The first-order chi connectivity index (χ1) is 12.9. The minimum Gasteiger partial charge on any atom is -0.381 e. The predicted octanol–water partition coefficient (Wildman–Crippen LogP) is 1.82. The van der Waals surface area contributed by atoms with E-state index < -0.39 is 29.6 Å². The summed E-state index contributed by atoms with van der Waals surface area (Å²) in [5.41, 5.74) is -1.75. The Labute approximate surface area is 157 Å². The maximum Gasteiger partial charge on any atom is 0.169 e. The molecule has 2 aromatic rings. The zero-order valence-corrected chi connectivity index (χ0v) is 15.7. The Morgan fingerprint density at radius 3 is 2.52 bits per heavy atom. The molecule has 150 valence electrons. The monoisotopic (exact) mass is 384 g/mol. The Morgan fingerprint density at radius 2 is 1.96 bits per heavy atom. The first-order valence-corrected chi connectivity index (χ1v) is 8.87. The van der Waals surface area contributed by atoms with Crippen LogP contribution >= 0.6 is 0 Å². The number of halogens is 2. The van der Waals surface area contributed by atoms with Crippen molar-refractivity contribution < 1.29 is 23.4 Å². The summed E-state index contributed by atoms with van der Waals surface area (Å²) in [5.74, 6) is -1.55. The number of aliphatic hydroxyl groups is 1. The third-order valence-electron chi connectivity index (χ3n) is 4.28. The molecule has 0 amide bonds. The van der Waals surface area contributed by atoms with Gasteiger partial charge in [0.15, 0.2) is 6.29 Å². The number of nitrogens with zero attached hydrogens (tertiary/aromatic N) is 3. The molecule has 0 radical (unpaired) electrons. The van der Waals surface area contributed by atoms with Crippen LogP contribution in [0.4, 0.5) is 8.78 Å². The molecule has 7 nitrogen and oxygen atoms in total. The van der Waals surface area contributed by atoms with Gasteiger partial charge in [-0.1, -0.05) is 6.07 Å². The van der Waals surface area contributed by atoms with Crippen LogP contribution < -0.4 is 5.32 Å². The van der Waals surface area contributed by atoms with Gasteiger partial charge in [0, 0.05) is 37.4 Å². The van der Waals surface area contributed by atoms with Crippen LogP contribution in [0.25, 0.3) is 0 Å². The van der Waals surface area contributed by atoms with Crippen molar-refractivity contribution in [2.75, 3.05) is 19.8 Å². The molecule has 2 rings (SSSR count). The van der Waals surface area contributed by atoms with Gasteiger partial charge in [0.2, 0.25) is 0 Å². The number of aromatic nitrogens is 3. The standard InChI is InChI=1S/C18H26F2N4O3/c1-4-26-17(27-5-2)9-22-13(3)18(25,10-24-12-21-11-23-24)15-7-6-14(19)8-16(15)20/h6-8,11-13,17,22,25H,4-5,9-10H2,1-3H3/t13-,18-/m1/s1. The van der Waals surface area contributed by atoms with E-state index in [1.807, 2.05) is 13.8 Å². The van der Waals surface area contributed by atoms with E-state index in [9.17, 15) is 13.9 Å². The number of ether oxygens (including phenoxy) is 2. The van der Waals surface area contributed by atoms with Crippen LogP contribution in [0.5, 0.6) is 0 Å². The van der Waals surface area contributed by atoms with Crippen LogP contribution in [0.15, 0.2) is 30.9 Å². The van der Waals surface area contributed by atoms with Crippen molar-refractivity contribution in [1.82, 2.24) is 20.1 Å². The Bertz CT molecular complexity index is 696. The van der Waals surface area contributed by atoms with Crippen molar-refractivity contribution in [2.45, 2.75) is 45.2 Å². The average molecular weight is 384 g/mol. The van der Waals surface area contributed by atoms with E-state index in [4.69, 9.17) is 9.47 Å². The van der Waals surface area contributed by atoms with Crippen molar-refractivity contribution in [3.05, 3.63) is 48.1 Å². The summed E-state index contributed by atoms with van der Waals surface area (Å²) in [6, 6.07) is 2.46. The van der Waals surface area contributed by atoms with Gasteiger partial charge in [-0.2, -0.15) is 5.10 Å². The highest BCUT2D eigenvalue weighted by Crippen LogP contribution is 2.30. The normalized spacial score (nSPS) is 15.1. The highest BCUT2D eigenvalue weighted by atomic mass is 19.1. The van der Waals surface area contributed by atoms with Gasteiger partial charge in [0.1, 0.15) is 29.9 Å². The Balaban J connectivity index is 2.25. The van der Waals surface area contributed by atoms with Crippen molar-refractivity contribution in [3.8, 4) is 0 Å². The second-order valence-corrected chi connectivity index (χ2v) is 6.11. The average Bonchev–Trinajstić information content (AvgIpc) is 3.12. The van der Waals surface area contributed by atoms with Gasteiger partial charge in [-0.3, -0.25) is 0 Å². The molecule has 0 aliphatic carbocycles. The SMILES string of the molecule is CCOC(CN[C@H](C)[C@](O)(Cn1cncn1)c1ccc(F)cc1F)OCC. The summed E-state index contributed by atoms with van der Waals surface area (Å²) in [4.78, 5) is 3.85. The van der Waals surface area contributed by atoms with Crippen molar-refractivity contribution in [2.24, 2.45) is 0 Å². The fraction of sp³-hybridized carbons (Fsp3) is 0.556. The third-order valence-corrected chi connectivity index (χ3v) is 4.28. The van der Waals surface area contributed by atoms with Gasteiger partial charge in [-0.25, -0.2) is 18.4 Å². The van der Waals surface area contributed by atoms with E-state index in [1.165, 1.54) is 23.4 Å². The van der Waals surface area contributed by atoms with E-state index in [2.05, 4.69) is 15.4 Å². The summed E-state index contributed by atoms with van der Waals surface area (Å²) in [7, 11) is 0. The predicted molar refractivity (Wildman–Crippen MR) is 94.8 cm³/mol. The molecule has 0 bridgehead atoms. The van der Waals surface area contributed by atoms with E-state index in [0.29, 0.717) is 13.2 Å². The molecule has 2 N–H and O–H groups in total. The van der Waals surface area contributed by atoms with E-state index in [1.54, 1.807) is 6.92 Å². The van der Waals surface area contributed by atoms with Crippen LogP contribution in [0.2, 0.25) is 0 Å². The summed E-state index contributed by atoms with van der Waals surface area (Å²) in [6.45, 7) is 6.56. The molecule has 9 heteroatoms. The van der Waals surface area contributed by atoms with Crippen LogP contribution in [-0.2, 0) is 21.6 Å². The first-order valence-electron chi connectivity index (χ1n) is 8.87. The van der Waals surface area contributed by atoms with Crippen molar-refractivity contribution in [3.63, 3.8) is 0 Å². The van der Waals surface area contributed by atoms with Gasteiger partial charge < -0.3 is 19.9 Å². The summed E-state index contributed by atoms with van der Waals surface area (Å²) in [5, 5.41) is 18.5. The molecule has 0 spiro atoms. The molecule has 0 fully saturated rings. The maximum atomic E-state index is 14.5. The van der Waals surface area contributed by atoms with Gasteiger partial charge in [0.05, 0.1) is 6.54 Å². The quantitative estimate of drug-likeness (QED) is 0.575. The van der Waals surface area contributed by atoms with Gasteiger partial charge in [-0.05, 0) is 26.8 Å². The molecular formula is C18H26F2N4O3. The Morgan fingerprint density at radius 1 is 1.26 bits per heavy atom. The number of rotatable bonds is 11. The van der Waals surface area contributed by atoms with E-state index >= 15 is 0 Å². The number of hydrogen-bond donors (Lipinski definition) is 2. The third kappa shape index (κ3) is 5.52. The van der Waals surface area contributed by atoms with Gasteiger partial charge in [-0.15, -0.1) is 0 Å². The maximum absolute atomic E-state index is 14.5. The number of hydrogen-bond acceptors (Lipinski definition) is 6. The minimum atomic E-state index is -1.71. The lowest BCUT2D eigenvalue weighted by Crippen LogP contribution is -2.52. The molecule has 2 atom stereocenters. The molecule has 0 aliphatic heterocycles. The lowest BCUT2D eigenvalue weighted by Gasteiger charge is -2.36. The summed E-state index contributed by atoms with van der Waals surface area (Å²) >= 11 is 0. The summed E-state index contributed by atoms with van der Waals surface area (Å²) in [6.07, 6.45) is 2.23. The van der Waals surface area contributed by atoms with Crippen LogP contribution in [0, 0.1) is 11.6 Å². The van der Waals surface area contributed by atoms with Gasteiger partial charge >= 0.3 is 0 Å². The highest BCUT2D eigenvalue weighted by molar-refractivity contribution is 5.27. The molecule has 27 heavy (non-hydrogen) atoms. The smallest absolute Gasteiger partial charge is 0.169 e. The fourth-order valence-corrected chi connectivity index (χ4v) is 2.84.